The number of ether oxygens (including phenoxy) is 2. The number of nitrogens with zero attached hydrogens (tertiary/aromatic N) is 6. The third-order valence-electron chi connectivity index (χ3n) is 14.5. The van der Waals surface area contributed by atoms with Crippen LogP contribution in [0.3, 0.4) is 0 Å². The highest BCUT2D eigenvalue weighted by Crippen LogP contribution is 2.40. The predicted octanol–water partition coefficient (Wildman–Crippen LogP) is 6.78. The van der Waals surface area contributed by atoms with Crippen LogP contribution in [0.5, 0.6) is 0 Å². The Balaban J connectivity index is 0.691. The molecule has 408 valence electrons. The molecular weight excluding hydrogens is 1010 g/mol. The van der Waals surface area contributed by atoms with E-state index in [0.29, 0.717) is 41.3 Å². The first-order valence-corrected chi connectivity index (χ1v) is 27.5. The van der Waals surface area contributed by atoms with E-state index in [1.807, 2.05) is 105 Å². The van der Waals surface area contributed by atoms with Gasteiger partial charge in [-0.1, -0.05) is 75.4 Å². The van der Waals surface area contributed by atoms with Crippen LogP contribution in [0, 0.1) is 12.3 Å². The van der Waals surface area contributed by atoms with Gasteiger partial charge in [-0.25, -0.2) is 19.9 Å². The number of nitrogens with one attached hydrogen (secondary N) is 3. The van der Waals surface area contributed by atoms with E-state index in [1.54, 1.807) is 17.5 Å². The number of anilines is 1. The second kappa shape index (κ2) is 24.5. The molecule has 0 spiro atoms. The lowest BCUT2D eigenvalue weighted by Gasteiger charge is -2.38. The Morgan fingerprint density at radius 1 is 0.846 bits per heavy atom. The van der Waals surface area contributed by atoms with Gasteiger partial charge in [0.2, 0.25) is 23.6 Å². The van der Waals surface area contributed by atoms with Gasteiger partial charge in [0.1, 0.15) is 23.4 Å². The molecule has 18 nitrogen and oxygen atoms in total. The molecule has 2 fully saturated rings. The number of nitrogens with two attached hydrogens (primary N) is 2. The molecule has 1 saturated carbocycles. The van der Waals surface area contributed by atoms with E-state index in [2.05, 4.69) is 56.3 Å². The van der Waals surface area contributed by atoms with E-state index in [4.69, 9.17) is 30.9 Å². The third kappa shape index (κ3) is 13.1. The molecule has 4 amide bonds. The van der Waals surface area contributed by atoms with Gasteiger partial charge in [-0.15, -0.1) is 11.3 Å². The SMILES string of the molecule is Cc1ncsc1-c1ccc(CNC(=O)[C@@H]2C[C@@H](O)CN2C(=O)C(NC(=O)CCOCCOCCC(=O)NCCc2cccc(-c3ccc4nc(-c5cccnc5N)n(-c5ccc(C6(N)CCC6)cc5)c4n3)c2)C(C)(C)C)cc1. The zero-order valence-electron chi connectivity index (χ0n) is 44.7. The van der Waals surface area contributed by atoms with Gasteiger partial charge in [0.25, 0.3) is 0 Å². The summed E-state index contributed by atoms with van der Waals surface area (Å²) in [5, 5.41) is 19.4. The largest absolute Gasteiger partial charge is 0.391 e. The molecule has 2 aliphatic rings. The lowest BCUT2D eigenvalue weighted by molar-refractivity contribution is -0.144. The first-order chi connectivity index (χ1) is 37.5. The van der Waals surface area contributed by atoms with E-state index in [-0.39, 0.29) is 82.0 Å². The van der Waals surface area contributed by atoms with Crippen molar-refractivity contribution in [1.29, 1.82) is 0 Å². The van der Waals surface area contributed by atoms with Gasteiger partial charge >= 0.3 is 0 Å². The number of aryl methyl sites for hydroxylation is 1. The van der Waals surface area contributed by atoms with E-state index in [9.17, 15) is 24.3 Å². The fourth-order valence-electron chi connectivity index (χ4n) is 9.92. The van der Waals surface area contributed by atoms with Crippen LogP contribution in [-0.4, -0.2) is 116 Å². The van der Waals surface area contributed by atoms with Crippen LogP contribution in [-0.2, 0) is 47.2 Å². The number of hydrogen-bond acceptors (Lipinski definition) is 14. The van der Waals surface area contributed by atoms with E-state index >= 15 is 0 Å². The number of rotatable bonds is 22. The van der Waals surface area contributed by atoms with Crippen LogP contribution < -0.4 is 27.4 Å². The Morgan fingerprint density at radius 3 is 2.27 bits per heavy atom. The van der Waals surface area contributed by atoms with Crippen molar-refractivity contribution in [1.82, 2.24) is 45.4 Å². The topological polar surface area (TPSA) is 255 Å². The molecule has 9 rings (SSSR count). The van der Waals surface area contributed by atoms with Crippen LogP contribution >= 0.6 is 11.3 Å². The standard InChI is InChI=1S/C59H69N11O7S/c1-37-51(78-36-65-37)40-13-11-39(12-14-40)34-64-56(74)48-33-44(71)35-69(48)57(75)52(58(2,3)4)68-50(73)23-29-77-31-30-76-28-22-49(72)62-27-21-38-8-5-9-41(32-38)46-19-20-47-55(66-46)70(54(67-47)45-10-6-26-63-53(45)60)43-17-15-42(16-18-43)59(61)24-7-25-59/h5-6,8-20,26,32,36,44,48,52,71H,7,21-25,27-31,33-35,61H2,1-4H3,(H2,60,63)(H,62,72)(H,64,74)(H,68,73)/t44-,48+,52?/m1/s1. The van der Waals surface area contributed by atoms with Crippen molar-refractivity contribution in [3.63, 3.8) is 0 Å². The smallest absolute Gasteiger partial charge is 0.246 e. The number of nitrogen functional groups attached to an aromatic ring is 1. The minimum absolute atomic E-state index is 0.00855. The van der Waals surface area contributed by atoms with Gasteiger partial charge in [-0.3, -0.25) is 23.7 Å². The van der Waals surface area contributed by atoms with E-state index in [1.165, 1.54) is 4.90 Å². The average molecular weight is 1080 g/mol. The van der Waals surface area contributed by atoms with Gasteiger partial charge in [0.05, 0.1) is 59.9 Å². The summed E-state index contributed by atoms with van der Waals surface area (Å²) in [5.74, 6) is -0.328. The van der Waals surface area contributed by atoms with Crippen molar-refractivity contribution in [3.05, 3.63) is 131 Å². The number of thiazole rings is 1. The molecule has 1 aliphatic carbocycles. The number of imidazole rings is 1. The number of β-amino-alcohol motifs (C(OH)–C–C–N with tert-alkyl or cyclic N) is 1. The molecule has 19 heteroatoms. The maximum absolute atomic E-state index is 14.0. The summed E-state index contributed by atoms with van der Waals surface area (Å²) in [5.41, 5.74) is 23.6. The number of fused-ring (bicyclic) bond motifs is 1. The average Bonchev–Trinajstić information content (AvgIpc) is 4.22. The summed E-state index contributed by atoms with van der Waals surface area (Å²) in [7, 11) is 0. The molecular formula is C59H69N11O7S. The molecule has 7 aromatic rings. The molecule has 1 aliphatic heterocycles. The predicted molar refractivity (Wildman–Crippen MR) is 301 cm³/mol. The number of aromatic nitrogens is 5. The first kappa shape index (κ1) is 55.3. The lowest BCUT2D eigenvalue weighted by Crippen LogP contribution is -2.57. The monoisotopic (exact) mass is 1080 g/mol. The zero-order valence-corrected chi connectivity index (χ0v) is 45.5. The number of pyridine rings is 2. The third-order valence-corrected chi connectivity index (χ3v) is 15.5. The fraction of sp³-hybridized carbons (Fsp3) is 0.390. The minimum atomic E-state index is -0.955. The van der Waals surface area contributed by atoms with Crippen molar-refractivity contribution in [3.8, 4) is 38.8 Å². The molecule has 1 saturated heterocycles. The number of amides is 4. The van der Waals surface area contributed by atoms with Crippen molar-refractivity contribution in [2.75, 3.05) is 45.3 Å². The highest BCUT2D eigenvalue weighted by Gasteiger charge is 2.44. The molecule has 1 unspecified atom stereocenters. The molecule has 4 aromatic heterocycles. The van der Waals surface area contributed by atoms with Crippen molar-refractivity contribution >= 4 is 51.9 Å². The molecule has 0 radical (unpaired) electrons. The maximum atomic E-state index is 14.0. The number of aliphatic hydroxyl groups excluding tert-OH is 1. The maximum Gasteiger partial charge on any atom is 0.246 e. The van der Waals surface area contributed by atoms with Gasteiger partial charge < -0.3 is 46.9 Å². The number of benzene rings is 3. The van der Waals surface area contributed by atoms with Gasteiger partial charge in [0.15, 0.2) is 11.5 Å². The fourth-order valence-corrected chi connectivity index (χ4v) is 10.7. The molecule has 3 atom stereocenters. The zero-order chi connectivity index (χ0) is 55.0. The van der Waals surface area contributed by atoms with Crippen molar-refractivity contribution in [2.45, 2.75) is 103 Å². The molecule has 0 bridgehead atoms. The van der Waals surface area contributed by atoms with E-state index in [0.717, 1.165) is 69.0 Å². The molecule has 5 heterocycles. The normalized spacial score (nSPS) is 16.4. The highest BCUT2D eigenvalue weighted by molar-refractivity contribution is 7.13. The first-order valence-electron chi connectivity index (χ1n) is 26.6. The number of likely N-dealkylation sites (tertiary alicyclic amines) is 1. The second-order valence-corrected chi connectivity index (χ2v) is 22.1. The van der Waals surface area contributed by atoms with E-state index < -0.39 is 29.5 Å². The number of hydrogen-bond donors (Lipinski definition) is 6. The van der Waals surface area contributed by atoms with Crippen LogP contribution in [0.1, 0.15) is 81.7 Å². The molecule has 8 N–H and O–H groups in total. The Bertz CT molecular complexity index is 3240. The quantitative estimate of drug-likeness (QED) is 0.0383. The van der Waals surface area contributed by atoms with Crippen LogP contribution in [0.15, 0.2) is 109 Å². The number of carbonyl (C=O) groups excluding carboxylic acids is 4. The van der Waals surface area contributed by atoms with Crippen LogP contribution in [0.2, 0.25) is 0 Å². The summed E-state index contributed by atoms with van der Waals surface area (Å²) in [6, 6.07) is 30.1. The minimum Gasteiger partial charge on any atom is -0.391 e. The molecule has 78 heavy (non-hydrogen) atoms. The number of carbonyl (C=O) groups is 4. The van der Waals surface area contributed by atoms with Crippen molar-refractivity contribution in [2.24, 2.45) is 11.1 Å². The molecule has 3 aromatic carbocycles. The number of aliphatic hydroxyl groups is 1. The highest BCUT2D eigenvalue weighted by atomic mass is 32.1. The van der Waals surface area contributed by atoms with Crippen molar-refractivity contribution < 1.29 is 33.8 Å². The Morgan fingerprint density at radius 2 is 1.59 bits per heavy atom. The summed E-state index contributed by atoms with van der Waals surface area (Å²) in [6.45, 7) is 8.86. The summed E-state index contributed by atoms with van der Waals surface area (Å²) in [6.07, 6.45) is 4.71. The summed E-state index contributed by atoms with van der Waals surface area (Å²) < 4.78 is 13.3. The second-order valence-electron chi connectivity index (χ2n) is 21.3. The van der Waals surface area contributed by atoms with Gasteiger partial charge in [-0.05, 0) is 103 Å². The Labute approximate surface area is 458 Å². The summed E-state index contributed by atoms with van der Waals surface area (Å²) >= 11 is 1.57. The van der Waals surface area contributed by atoms with Crippen LogP contribution in [0.25, 0.3) is 49.9 Å². The van der Waals surface area contributed by atoms with Gasteiger partial charge in [0, 0.05) is 61.9 Å². The Kier molecular flexibility index (Phi) is 17.4. The van der Waals surface area contributed by atoms with Crippen LogP contribution in [0.4, 0.5) is 5.82 Å². The Hall–Kier alpha value is -7.42. The van der Waals surface area contributed by atoms with Gasteiger partial charge in [-0.2, -0.15) is 0 Å². The summed E-state index contributed by atoms with van der Waals surface area (Å²) in [4.78, 5) is 74.6. The lowest BCUT2D eigenvalue weighted by atomic mass is 9.73.